The highest BCUT2D eigenvalue weighted by molar-refractivity contribution is 7.90. The molecule has 0 aliphatic heterocycles. The molecule has 0 saturated heterocycles. The molecule has 1 saturated carbocycles. The first-order chi connectivity index (χ1) is 12.4. The van der Waals surface area contributed by atoms with E-state index in [1.807, 2.05) is 12.1 Å². The molecule has 0 aromatic heterocycles. The van der Waals surface area contributed by atoms with Crippen LogP contribution in [0.15, 0.2) is 58.3 Å². The molecular formula is C22H24O2S2. The maximum absolute atomic E-state index is 11.8. The molecule has 0 amide bonds. The minimum atomic E-state index is -3.16. The second-order valence-corrected chi connectivity index (χ2v) is 10.4. The fourth-order valence-electron chi connectivity index (χ4n) is 4.62. The second-order valence-electron chi connectivity index (χ2n) is 7.86. The van der Waals surface area contributed by atoms with Gasteiger partial charge in [0.2, 0.25) is 0 Å². The molecular weight excluding hydrogens is 360 g/mol. The molecule has 0 bridgehead atoms. The average molecular weight is 385 g/mol. The lowest BCUT2D eigenvalue weighted by Gasteiger charge is -2.23. The molecule has 2 aliphatic carbocycles. The third kappa shape index (κ3) is 3.37. The normalized spacial score (nSPS) is 19.5. The fraction of sp³-hybridized carbons (Fsp3) is 0.364. The summed E-state index contributed by atoms with van der Waals surface area (Å²) in [6.07, 6.45) is 8.73. The summed E-state index contributed by atoms with van der Waals surface area (Å²) in [6.45, 7) is 0. The first-order valence-electron chi connectivity index (χ1n) is 9.18. The Morgan fingerprint density at radius 3 is 1.73 bits per heavy atom. The fourth-order valence-corrected chi connectivity index (χ4v) is 5.40. The molecule has 2 aromatic rings. The second kappa shape index (κ2) is 6.58. The molecule has 2 aromatic carbocycles. The van der Waals surface area contributed by atoms with Gasteiger partial charge in [0.25, 0.3) is 0 Å². The number of hydrogen-bond acceptors (Lipinski definition) is 3. The molecule has 0 N–H and O–H groups in total. The van der Waals surface area contributed by atoms with Crippen molar-refractivity contribution in [2.75, 3.05) is 6.26 Å². The molecule has 0 heterocycles. The topological polar surface area (TPSA) is 34.1 Å². The SMILES string of the molecule is CS(=O)(=O)c1ccc(C2=C(c3ccc(S)cc3)CC3(CCCC3)C2)cc1. The quantitative estimate of drug-likeness (QED) is 0.695. The van der Waals surface area contributed by atoms with Gasteiger partial charge in [-0.3, -0.25) is 0 Å². The van der Waals surface area contributed by atoms with E-state index in [1.165, 1.54) is 48.6 Å². The minimum absolute atomic E-state index is 0.386. The van der Waals surface area contributed by atoms with E-state index in [4.69, 9.17) is 0 Å². The Morgan fingerprint density at radius 1 is 0.808 bits per heavy atom. The standard InChI is InChI=1S/C22H24O2S2/c1-26(23,24)19-10-6-17(7-11-19)21-15-22(12-2-3-13-22)14-20(21)16-4-8-18(25)9-5-16/h4-11,25H,2-3,12-15H2,1H3. The smallest absolute Gasteiger partial charge is 0.175 e. The molecule has 0 atom stereocenters. The van der Waals surface area contributed by atoms with Gasteiger partial charge in [-0.15, -0.1) is 12.6 Å². The van der Waals surface area contributed by atoms with Crippen LogP contribution in [0.5, 0.6) is 0 Å². The van der Waals surface area contributed by atoms with Gasteiger partial charge in [0.05, 0.1) is 4.90 Å². The van der Waals surface area contributed by atoms with Gasteiger partial charge in [-0.05, 0) is 77.6 Å². The number of benzene rings is 2. The molecule has 2 aliphatic rings. The van der Waals surface area contributed by atoms with E-state index in [1.54, 1.807) is 12.1 Å². The van der Waals surface area contributed by atoms with E-state index in [0.29, 0.717) is 10.3 Å². The van der Waals surface area contributed by atoms with Crippen molar-refractivity contribution < 1.29 is 8.42 Å². The lowest BCUT2D eigenvalue weighted by atomic mass is 9.81. The summed E-state index contributed by atoms with van der Waals surface area (Å²) in [4.78, 5) is 1.36. The predicted octanol–water partition coefficient (Wildman–Crippen LogP) is 5.64. The largest absolute Gasteiger partial charge is 0.224 e. The highest BCUT2D eigenvalue weighted by Gasteiger charge is 2.41. The Kier molecular flexibility index (Phi) is 4.52. The zero-order chi connectivity index (χ0) is 18.4. The monoisotopic (exact) mass is 384 g/mol. The van der Waals surface area contributed by atoms with Crippen LogP contribution in [-0.4, -0.2) is 14.7 Å². The van der Waals surface area contributed by atoms with E-state index >= 15 is 0 Å². The van der Waals surface area contributed by atoms with Crippen molar-refractivity contribution in [2.24, 2.45) is 5.41 Å². The van der Waals surface area contributed by atoms with Crippen molar-refractivity contribution in [3.8, 4) is 0 Å². The van der Waals surface area contributed by atoms with Gasteiger partial charge >= 0.3 is 0 Å². The van der Waals surface area contributed by atoms with Crippen LogP contribution in [0.2, 0.25) is 0 Å². The van der Waals surface area contributed by atoms with Crippen molar-refractivity contribution in [3.63, 3.8) is 0 Å². The lowest BCUT2D eigenvalue weighted by Crippen LogP contribution is -2.11. The maximum atomic E-state index is 11.8. The van der Waals surface area contributed by atoms with E-state index in [0.717, 1.165) is 23.3 Å². The molecule has 136 valence electrons. The molecule has 26 heavy (non-hydrogen) atoms. The van der Waals surface area contributed by atoms with Crippen LogP contribution in [0.25, 0.3) is 11.1 Å². The number of rotatable bonds is 3. The summed E-state index contributed by atoms with van der Waals surface area (Å²) in [7, 11) is -3.16. The van der Waals surface area contributed by atoms with Crippen molar-refractivity contribution in [1.82, 2.24) is 0 Å². The molecule has 0 radical (unpaired) electrons. The van der Waals surface area contributed by atoms with Crippen LogP contribution in [0, 0.1) is 5.41 Å². The molecule has 0 unspecified atom stereocenters. The van der Waals surface area contributed by atoms with Gasteiger partial charge < -0.3 is 0 Å². The van der Waals surface area contributed by atoms with Gasteiger partial charge in [-0.2, -0.15) is 0 Å². The third-order valence-corrected chi connectivity index (χ3v) is 7.41. The Balaban J connectivity index is 1.78. The van der Waals surface area contributed by atoms with Gasteiger partial charge in [0, 0.05) is 11.2 Å². The highest BCUT2D eigenvalue weighted by atomic mass is 32.2. The number of thiol groups is 1. The van der Waals surface area contributed by atoms with E-state index < -0.39 is 9.84 Å². The number of hydrogen-bond donors (Lipinski definition) is 1. The van der Waals surface area contributed by atoms with Gasteiger partial charge in [-0.25, -0.2) is 8.42 Å². The van der Waals surface area contributed by atoms with E-state index in [9.17, 15) is 8.42 Å². The summed E-state index contributed by atoms with van der Waals surface area (Å²) in [5, 5.41) is 0. The zero-order valence-electron chi connectivity index (χ0n) is 15.0. The van der Waals surface area contributed by atoms with Crippen LogP contribution in [0.4, 0.5) is 0 Å². The summed E-state index contributed by atoms with van der Waals surface area (Å²) < 4.78 is 23.5. The molecule has 2 nitrogen and oxygen atoms in total. The van der Waals surface area contributed by atoms with E-state index in [-0.39, 0.29) is 0 Å². The lowest BCUT2D eigenvalue weighted by molar-refractivity contribution is 0.330. The van der Waals surface area contributed by atoms with Gasteiger partial charge in [0.15, 0.2) is 9.84 Å². The Bertz CT molecular complexity index is 946. The molecule has 1 fully saturated rings. The summed E-state index contributed by atoms with van der Waals surface area (Å²) in [5.74, 6) is 0. The molecule has 4 heteroatoms. The van der Waals surface area contributed by atoms with Crippen molar-refractivity contribution in [3.05, 3.63) is 59.7 Å². The first kappa shape index (κ1) is 17.9. The summed E-state index contributed by atoms with van der Waals surface area (Å²) >= 11 is 4.41. The van der Waals surface area contributed by atoms with Crippen molar-refractivity contribution in [2.45, 2.75) is 48.3 Å². The van der Waals surface area contributed by atoms with E-state index in [2.05, 4.69) is 36.9 Å². The summed E-state index contributed by atoms with van der Waals surface area (Å²) in [6, 6.07) is 15.9. The Hall–Kier alpha value is -1.52. The Labute approximate surface area is 161 Å². The molecule has 1 spiro atoms. The zero-order valence-corrected chi connectivity index (χ0v) is 16.7. The number of allylic oxidation sites excluding steroid dienone is 2. The molecule has 4 rings (SSSR count). The predicted molar refractivity (Wildman–Crippen MR) is 110 cm³/mol. The first-order valence-corrected chi connectivity index (χ1v) is 11.5. The van der Waals surface area contributed by atoms with Crippen molar-refractivity contribution >= 4 is 33.6 Å². The van der Waals surface area contributed by atoms with Crippen LogP contribution in [0.1, 0.15) is 49.7 Å². The van der Waals surface area contributed by atoms with Gasteiger partial charge in [0.1, 0.15) is 0 Å². The van der Waals surface area contributed by atoms with Crippen molar-refractivity contribution in [1.29, 1.82) is 0 Å². The minimum Gasteiger partial charge on any atom is -0.224 e. The van der Waals surface area contributed by atoms with Crippen LogP contribution < -0.4 is 0 Å². The maximum Gasteiger partial charge on any atom is 0.175 e. The third-order valence-electron chi connectivity index (χ3n) is 5.98. The highest BCUT2D eigenvalue weighted by Crippen LogP contribution is 2.57. The summed E-state index contributed by atoms with van der Waals surface area (Å²) in [5.41, 5.74) is 5.64. The van der Waals surface area contributed by atoms with Crippen LogP contribution >= 0.6 is 12.6 Å². The van der Waals surface area contributed by atoms with Crippen LogP contribution in [0.3, 0.4) is 0 Å². The average Bonchev–Trinajstić information content (AvgIpc) is 3.22. The number of sulfone groups is 1. The van der Waals surface area contributed by atoms with Crippen LogP contribution in [-0.2, 0) is 9.84 Å². The Morgan fingerprint density at radius 2 is 1.27 bits per heavy atom. The van der Waals surface area contributed by atoms with Gasteiger partial charge in [-0.1, -0.05) is 37.1 Å².